The Morgan fingerprint density at radius 1 is 1.26 bits per heavy atom. The van der Waals surface area contributed by atoms with Crippen molar-refractivity contribution in [1.82, 2.24) is 5.32 Å². The molecule has 1 unspecified atom stereocenters. The van der Waals surface area contributed by atoms with Crippen molar-refractivity contribution in [3.05, 3.63) is 29.8 Å². The van der Waals surface area contributed by atoms with Crippen molar-refractivity contribution in [1.29, 1.82) is 0 Å². The Labute approximate surface area is 136 Å². The number of hydrogen-bond acceptors (Lipinski definition) is 7. The molecule has 23 heavy (non-hydrogen) atoms. The van der Waals surface area contributed by atoms with Gasteiger partial charge in [-0.1, -0.05) is 12.1 Å². The lowest BCUT2D eigenvalue weighted by Crippen LogP contribution is -2.36. The Hall–Kier alpha value is -2.55. The number of rotatable bonds is 6. The molecule has 0 fully saturated rings. The van der Waals surface area contributed by atoms with Crippen LogP contribution in [0.3, 0.4) is 0 Å². The van der Waals surface area contributed by atoms with Crippen LogP contribution in [-0.2, 0) is 14.3 Å². The van der Waals surface area contributed by atoms with Crippen LogP contribution in [0.4, 0.5) is 4.79 Å². The molecule has 124 valence electrons. The SMILES string of the molecule is COC(=O)CNC(=O)C(C)SC(=O)Oc1ccccc1C(=O)O. The first-order valence-corrected chi connectivity index (χ1v) is 7.28. The fourth-order valence-corrected chi connectivity index (χ4v) is 2.04. The Morgan fingerprint density at radius 3 is 2.52 bits per heavy atom. The van der Waals surface area contributed by atoms with Crippen molar-refractivity contribution in [2.24, 2.45) is 0 Å². The van der Waals surface area contributed by atoms with Crippen molar-refractivity contribution < 1.29 is 33.8 Å². The molecule has 1 rings (SSSR count). The molecule has 1 atom stereocenters. The van der Waals surface area contributed by atoms with E-state index in [0.29, 0.717) is 11.8 Å². The van der Waals surface area contributed by atoms with Gasteiger partial charge < -0.3 is 19.9 Å². The molecule has 0 aliphatic rings. The molecule has 8 nitrogen and oxygen atoms in total. The lowest BCUT2D eigenvalue weighted by molar-refractivity contribution is -0.141. The molecule has 1 aromatic carbocycles. The van der Waals surface area contributed by atoms with E-state index in [-0.39, 0.29) is 17.9 Å². The molecule has 9 heteroatoms. The van der Waals surface area contributed by atoms with Crippen LogP contribution in [0.1, 0.15) is 17.3 Å². The highest BCUT2D eigenvalue weighted by atomic mass is 32.2. The largest absolute Gasteiger partial charge is 0.478 e. The molecule has 0 aromatic heterocycles. The maximum atomic E-state index is 11.8. The summed E-state index contributed by atoms with van der Waals surface area (Å²) in [6.45, 7) is 1.14. The number of carboxylic acid groups (broad SMARTS) is 1. The van der Waals surface area contributed by atoms with Gasteiger partial charge >= 0.3 is 17.2 Å². The predicted molar refractivity (Wildman–Crippen MR) is 81.5 cm³/mol. The normalized spacial score (nSPS) is 11.2. The van der Waals surface area contributed by atoms with E-state index in [0.717, 1.165) is 0 Å². The molecule has 0 saturated heterocycles. The van der Waals surface area contributed by atoms with E-state index in [4.69, 9.17) is 9.84 Å². The number of thioether (sulfide) groups is 1. The zero-order chi connectivity index (χ0) is 17.4. The second-order valence-electron chi connectivity index (χ2n) is 4.21. The number of nitrogens with one attached hydrogen (secondary N) is 1. The molecule has 1 amide bonds. The molecular weight excluding hydrogens is 326 g/mol. The van der Waals surface area contributed by atoms with Crippen LogP contribution in [0.2, 0.25) is 0 Å². The molecule has 0 spiro atoms. The number of aromatic carboxylic acids is 1. The minimum absolute atomic E-state index is 0.111. The third-order valence-electron chi connectivity index (χ3n) is 2.59. The number of carbonyl (C=O) groups is 4. The first-order valence-electron chi connectivity index (χ1n) is 6.40. The predicted octanol–water partition coefficient (Wildman–Crippen LogP) is 1.29. The minimum Gasteiger partial charge on any atom is -0.478 e. The third-order valence-corrected chi connectivity index (χ3v) is 3.43. The molecular formula is C14H15NO7S. The summed E-state index contributed by atoms with van der Waals surface area (Å²) in [6.07, 6.45) is 0. The number of benzene rings is 1. The summed E-state index contributed by atoms with van der Waals surface area (Å²) in [5.74, 6) is -2.51. The summed E-state index contributed by atoms with van der Waals surface area (Å²) in [4.78, 5) is 45.4. The smallest absolute Gasteiger partial charge is 0.373 e. The number of carboxylic acids is 1. The summed E-state index contributed by atoms with van der Waals surface area (Å²) in [6, 6.07) is 5.65. The van der Waals surface area contributed by atoms with Crippen LogP contribution in [0.15, 0.2) is 24.3 Å². The van der Waals surface area contributed by atoms with Gasteiger partial charge in [-0.05, 0) is 30.8 Å². The monoisotopic (exact) mass is 341 g/mol. The van der Waals surface area contributed by atoms with Gasteiger partial charge in [0, 0.05) is 0 Å². The minimum atomic E-state index is -1.23. The summed E-state index contributed by atoms with van der Waals surface area (Å²) in [5, 5.41) is 9.62. The van der Waals surface area contributed by atoms with Gasteiger partial charge in [0.2, 0.25) is 5.91 Å². The third kappa shape index (κ3) is 5.99. The molecule has 0 radical (unpaired) electrons. The average Bonchev–Trinajstić information content (AvgIpc) is 2.52. The fourth-order valence-electron chi connectivity index (χ4n) is 1.42. The Kier molecular flexibility index (Phi) is 7.07. The van der Waals surface area contributed by atoms with Crippen LogP contribution >= 0.6 is 11.8 Å². The van der Waals surface area contributed by atoms with E-state index in [1.54, 1.807) is 0 Å². The van der Waals surface area contributed by atoms with Gasteiger partial charge in [-0.15, -0.1) is 0 Å². The second-order valence-corrected chi connectivity index (χ2v) is 5.48. The lowest BCUT2D eigenvalue weighted by atomic mass is 10.2. The first kappa shape index (κ1) is 18.5. The van der Waals surface area contributed by atoms with Crippen LogP contribution < -0.4 is 10.1 Å². The lowest BCUT2D eigenvalue weighted by Gasteiger charge is -2.11. The van der Waals surface area contributed by atoms with Gasteiger partial charge in [-0.3, -0.25) is 9.59 Å². The van der Waals surface area contributed by atoms with E-state index in [1.807, 2.05) is 0 Å². The van der Waals surface area contributed by atoms with E-state index in [1.165, 1.54) is 38.3 Å². The number of ether oxygens (including phenoxy) is 2. The van der Waals surface area contributed by atoms with Gasteiger partial charge in [-0.2, -0.15) is 0 Å². The Morgan fingerprint density at radius 2 is 1.91 bits per heavy atom. The van der Waals surface area contributed by atoms with E-state index in [9.17, 15) is 19.2 Å². The summed E-state index contributed by atoms with van der Waals surface area (Å²) in [5.41, 5.74) is -0.163. The maximum Gasteiger partial charge on any atom is 0.373 e. The second kappa shape index (κ2) is 8.79. The van der Waals surface area contributed by atoms with Gasteiger partial charge in [-0.25, -0.2) is 9.59 Å². The molecule has 0 heterocycles. The standard InChI is InChI=1S/C14H15NO7S/c1-8(12(17)15-7-11(16)21-2)23-14(20)22-10-6-4-3-5-9(10)13(18)19/h3-6,8H,7H2,1-2H3,(H,15,17)(H,18,19). The number of hydrogen-bond donors (Lipinski definition) is 2. The number of amides is 1. The Balaban J connectivity index is 2.58. The molecule has 0 aliphatic carbocycles. The van der Waals surface area contributed by atoms with Gasteiger partial charge in [0.25, 0.3) is 0 Å². The number of esters is 1. The van der Waals surface area contributed by atoms with Crippen LogP contribution in [0.5, 0.6) is 5.75 Å². The number of para-hydroxylation sites is 1. The van der Waals surface area contributed by atoms with Crippen molar-refractivity contribution in [2.75, 3.05) is 13.7 Å². The van der Waals surface area contributed by atoms with Gasteiger partial charge in [0.05, 0.1) is 12.4 Å². The zero-order valence-corrected chi connectivity index (χ0v) is 13.2. The summed E-state index contributed by atoms with van der Waals surface area (Å²) >= 11 is 0.564. The zero-order valence-electron chi connectivity index (χ0n) is 12.4. The highest BCUT2D eigenvalue weighted by Crippen LogP contribution is 2.22. The van der Waals surface area contributed by atoms with Crippen molar-refractivity contribution >= 4 is 34.9 Å². The highest BCUT2D eigenvalue weighted by Gasteiger charge is 2.21. The van der Waals surface area contributed by atoms with Crippen molar-refractivity contribution in [3.63, 3.8) is 0 Å². The van der Waals surface area contributed by atoms with Crippen LogP contribution in [0.25, 0.3) is 0 Å². The molecule has 0 saturated carbocycles. The highest BCUT2D eigenvalue weighted by molar-refractivity contribution is 8.14. The fraction of sp³-hybridized carbons (Fsp3) is 0.286. The molecule has 1 aromatic rings. The average molecular weight is 341 g/mol. The van der Waals surface area contributed by atoms with Gasteiger partial charge in [0.1, 0.15) is 17.9 Å². The van der Waals surface area contributed by atoms with Crippen LogP contribution in [-0.4, -0.2) is 47.2 Å². The topological polar surface area (TPSA) is 119 Å². The van der Waals surface area contributed by atoms with Crippen molar-refractivity contribution in [2.45, 2.75) is 12.2 Å². The first-order chi connectivity index (χ1) is 10.8. The summed E-state index contributed by atoms with van der Waals surface area (Å²) in [7, 11) is 1.18. The quantitative estimate of drug-likeness (QED) is 0.743. The van der Waals surface area contributed by atoms with E-state index in [2.05, 4.69) is 10.1 Å². The maximum absolute atomic E-state index is 11.8. The molecule has 0 bridgehead atoms. The van der Waals surface area contributed by atoms with E-state index >= 15 is 0 Å². The van der Waals surface area contributed by atoms with E-state index < -0.39 is 28.4 Å². The molecule has 0 aliphatic heterocycles. The van der Waals surface area contributed by atoms with Crippen molar-refractivity contribution in [3.8, 4) is 5.75 Å². The van der Waals surface area contributed by atoms with Crippen LogP contribution in [0, 0.1) is 0 Å². The summed E-state index contributed by atoms with van der Waals surface area (Å²) < 4.78 is 9.31. The number of carbonyl (C=O) groups excluding carboxylic acids is 3. The van der Waals surface area contributed by atoms with Gasteiger partial charge in [0.15, 0.2) is 0 Å². The number of methoxy groups -OCH3 is 1. The Bertz CT molecular complexity index is 617. The molecule has 2 N–H and O–H groups in total.